The molecule has 1 fully saturated rings. The van der Waals surface area contributed by atoms with Crippen LogP contribution in [0.3, 0.4) is 0 Å². The van der Waals surface area contributed by atoms with Gasteiger partial charge in [0.25, 0.3) is 0 Å². The molecule has 0 aromatic heterocycles. The zero-order valence-electron chi connectivity index (χ0n) is 10.6. The molecule has 0 aromatic carbocycles. The molecule has 1 amide bonds. The highest BCUT2D eigenvalue weighted by Crippen LogP contribution is 2.24. The van der Waals surface area contributed by atoms with Gasteiger partial charge in [-0.2, -0.15) is 0 Å². The van der Waals surface area contributed by atoms with Crippen LogP contribution >= 0.6 is 11.6 Å². The van der Waals surface area contributed by atoms with E-state index >= 15 is 0 Å². The van der Waals surface area contributed by atoms with E-state index in [9.17, 15) is 4.79 Å². The maximum atomic E-state index is 11.8. The van der Waals surface area contributed by atoms with E-state index in [4.69, 9.17) is 16.3 Å². The molecule has 0 aromatic rings. The number of carbonyl (C=O) groups is 1. The number of amides is 1. The number of alkyl halides is 1. The predicted octanol–water partition coefficient (Wildman–Crippen LogP) is 3.26. The lowest BCUT2D eigenvalue weighted by Crippen LogP contribution is -2.44. The fourth-order valence-corrected chi connectivity index (χ4v) is 2.08. The summed E-state index contributed by atoms with van der Waals surface area (Å²) in [6, 6.07) is 0. The Morgan fingerprint density at radius 1 is 1.50 bits per heavy atom. The van der Waals surface area contributed by atoms with Crippen LogP contribution in [-0.2, 0) is 4.74 Å². The second kappa shape index (κ2) is 5.26. The molecule has 0 saturated carbocycles. The number of nitrogens with zero attached hydrogens (tertiary/aromatic N) is 1. The highest BCUT2D eigenvalue weighted by atomic mass is 35.5. The third-order valence-electron chi connectivity index (χ3n) is 2.76. The number of likely N-dealkylation sites (tertiary alicyclic amines) is 1. The largest absolute Gasteiger partial charge is 0.444 e. The Morgan fingerprint density at radius 3 is 2.62 bits per heavy atom. The van der Waals surface area contributed by atoms with Crippen LogP contribution in [0, 0.1) is 5.92 Å². The molecule has 0 aliphatic carbocycles. The smallest absolute Gasteiger partial charge is 0.410 e. The van der Waals surface area contributed by atoms with Crippen LogP contribution in [0.5, 0.6) is 0 Å². The lowest BCUT2D eigenvalue weighted by atomic mass is 9.95. The Morgan fingerprint density at radius 2 is 2.12 bits per heavy atom. The van der Waals surface area contributed by atoms with E-state index in [0.29, 0.717) is 5.92 Å². The lowest BCUT2D eigenvalue weighted by molar-refractivity contribution is 0.0166. The molecule has 16 heavy (non-hydrogen) atoms. The summed E-state index contributed by atoms with van der Waals surface area (Å²) in [7, 11) is 0. The van der Waals surface area contributed by atoms with Gasteiger partial charge in [0.15, 0.2) is 0 Å². The summed E-state index contributed by atoms with van der Waals surface area (Å²) in [5.41, 5.74) is -0.420. The van der Waals surface area contributed by atoms with Crippen LogP contribution in [0.1, 0.15) is 40.5 Å². The SMILES string of the molecule is CC(Cl)C1CCCN(C(=O)OC(C)(C)C)C1. The number of carbonyl (C=O) groups excluding carboxylic acids is 1. The number of hydrogen-bond donors (Lipinski definition) is 0. The molecule has 1 aliphatic heterocycles. The summed E-state index contributed by atoms with van der Waals surface area (Å²) in [5.74, 6) is 0.392. The molecule has 4 heteroatoms. The van der Waals surface area contributed by atoms with Crippen LogP contribution in [-0.4, -0.2) is 35.1 Å². The van der Waals surface area contributed by atoms with Gasteiger partial charge in [0.05, 0.1) is 0 Å². The van der Waals surface area contributed by atoms with E-state index in [1.165, 1.54) is 0 Å². The Kier molecular flexibility index (Phi) is 4.48. The third-order valence-corrected chi connectivity index (χ3v) is 3.12. The van der Waals surface area contributed by atoms with Gasteiger partial charge >= 0.3 is 6.09 Å². The van der Waals surface area contributed by atoms with E-state index in [-0.39, 0.29) is 11.5 Å². The summed E-state index contributed by atoms with van der Waals surface area (Å²) < 4.78 is 5.35. The Labute approximate surface area is 103 Å². The monoisotopic (exact) mass is 247 g/mol. The van der Waals surface area contributed by atoms with Crippen molar-refractivity contribution in [1.82, 2.24) is 4.90 Å². The van der Waals surface area contributed by atoms with Gasteiger partial charge in [-0.05, 0) is 46.5 Å². The predicted molar refractivity (Wildman–Crippen MR) is 65.8 cm³/mol. The summed E-state index contributed by atoms with van der Waals surface area (Å²) in [4.78, 5) is 13.6. The first-order valence-corrected chi connectivity index (χ1v) is 6.35. The van der Waals surface area contributed by atoms with Gasteiger partial charge in [0.2, 0.25) is 0 Å². The zero-order valence-corrected chi connectivity index (χ0v) is 11.4. The second-order valence-electron chi connectivity index (χ2n) is 5.51. The molecule has 1 saturated heterocycles. The number of ether oxygens (including phenoxy) is 1. The summed E-state index contributed by atoms with van der Waals surface area (Å²) in [6.45, 7) is 9.16. The van der Waals surface area contributed by atoms with Crippen molar-refractivity contribution in [3.05, 3.63) is 0 Å². The standard InChI is InChI=1S/C12H22ClNO2/c1-9(13)10-6-5-7-14(8-10)11(15)16-12(2,3)4/h9-10H,5-8H2,1-4H3. The van der Waals surface area contributed by atoms with Crippen molar-refractivity contribution >= 4 is 17.7 Å². The minimum Gasteiger partial charge on any atom is -0.444 e. The molecule has 1 rings (SSSR count). The molecule has 0 spiro atoms. The third kappa shape index (κ3) is 4.20. The maximum absolute atomic E-state index is 11.8. The zero-order chi connectivity index (χ0) is 12.3. The van der Waals surface area contributed by atoms with Crippen molar-refractivity contribution in [3.8, 4) is 0 Å². The van der Waals surface area contributed by atoms with Crippen molar-refractivity contribution in [1.29, 1.82) is 0 Å². The molecule has 3 nitrogen and oxygen atoms in total. The van der Waals surface area contributed by atoms with Crippen molar-refractivity contribution in [2.45, 2.75) is 51.5 Å². The Balaban J connectivity index is 2.50. The number of rotatable bonds is 1. The maximum Gasteiger partial charge on any atom is 0.410 e. The molecule has 0 radical (unpaired) electrons. The fraction of sp³-hybridized carbons (Fsp3) is 0.917. The first-order valence-electron chi connectivity index (χ1n) is 5.91. The van der Waals surface area contributed by atoms with E-state index in [1.807, 2.05) is 27.7 Å². The average Bonchev–Trinajstić information content (AvgIpc) is 2.15. The van der Waals surface area contributed by atoms with Gasteiger partial charge < -0.3 is 9.64 Å². The van der Waals surface area contributed by atoms with Gasteiger partial charge in [0.1, 0.15) is 5.60 Å². The van der Waals surface area contributed by atoms with Crippen molar-refractivity contribution in [3.63, 3.8) is 0 Å². The van der Waals surface area contributed by atoms with Crippen molar-refractivity contribution in [2.75, 3.05) is 13.1 Å². The Bertz CT molecular complexity index is 248. The van der Waals surface area contributed by atoms with Crippen LogP contribution in [0.2, 0.25) is 0 Å². The number of piperidine rings is 1. The van der Waals surface area contributed by atoms with Crippen LogP contribution in [0.15, 0.2) is 0 Å². The summed E-state index contributed by atoms with van der Waals surface area (Å²) >= 11 is 6.08. The molecule has 0 N–H and O–H groups in total. The second-order valence-corrected chi connectivity index (χ2v) is 6.19. The van der Waals surface area contributed by atoms with Crippen molar-refractivity contribution < 1.29 is 9.53 Å². The average molecular weight is 248 g/mol. The normalized spacial score (nSPS) is 24.1. The first-order chi connectivity index (χ1) is 7.29. The molecule has 1 heterocycles. The van der Waals surface area contributed by atoms with Crippen molar-refractivity contribution in [2.24, 2.45) is 5.92 Å². The van der Waals surface area contributed by atoms with Crippen LogP contribution in [0.4, 0.5) is 4.79 Å². The van der Waals surface area contributed by atoms with Gasteiger partial charge in [-0.3, -0.25) is 0 Å². The molecular weight excluding hydrogens is 226 g/mol. The van der Waals surface area contributed by atoms with E-state index < -0.39 is 5.60 Å². The van der Waals surface area contributed by atoms with Gasteiger partial charge in [-0.25, -0.2) is 4.79 Å². The van der Waals surface area contributed by atoms with Gasteiger partial charge in [-0.15, -0.1) is 11.6 Å². The minimum absolute atomic E-state index is 0.116. The topological polar surface area (TPSA) is 29.5 Å². The first kappa shape index (κ1) is 13.6. The molecule has 0 bridgehead atoms. The lowest BCUT2D eigenvalue weighted by Gasteiger charge is -2.35. The van der Waals surface area contributed by atoms with E-state index in [0.717, 1.165) is 25.9 Å². The van der Waals surface area contributed by atoms with Gasteiger partial charge in [0, 0.05) is 18.5 Å². The number of hydrogen-bond acceptors (Lipinski definition) is 2. The van der Waals surface area contributed by atoms with E-state index in [1.54, 1.807) is 4.90 Å². The fourth-order valence-electron chi connectivity index (χ4n) is 1.88. The molecule has 1 aliphatic rings. The quantitative estimate of drug-likeness (QED) is 0.666. The van der Waals surface area contributed by atoms with Crippen LogP contribution in [0.25, 0.3) is 0 Å². The summed E-state index contributed by atoms with van der Waals surface area (Å²) in [5, 5.41) is 0.116. The molecular formula is C12H22ClNO2. The molecule has 2 unspecified atom stereocenters. The Hall–Kier alpha value is -0.440. The highest BCUT2D eigenvalue weighted by Gasteiger charge is 2.29. The highest BCUT2D eigenvalue weighted by molar-refractivity contribution is 6.20. The number of halogens is 1. The molecule has 94 valence electrons. The molecule has 2 atom stereocenters. The summed E-state index contributed by atoms with van der Waals surface area (Å²) in [6.07, 6.45) is 1.90. The van der Waals surface area contributed by atoms with Crippen LogP contribution < -0.4 is 0 Å². The van der Waals surface area contributed by atoms with E-state index in [2.05, 4.69) is 0 Å². The van der Waals surface area contributed by atoms with Gasteiger partial charge in [-0.1, -0.05) is 0 Å². The minimum atomic E-state index is -0.420.